The molecule has 96 valence electrons. The van der Waals surface area contributed by atoms with E-state index in [0.29, 0.717) is 13.1 Å². The number of amides is 1. The molecule has 0 saturated carbocycles. The van der Waals surface area contributed by atoms with Gasteiger partial charge in [-0.1, -0.05) is 6.07 Å². The summed E-state index contributed by atoms with van der Waals surface area (Å²) in [5.74, 6) is 0.125. The Morgan fingerprint density at radius 3 is 2.72 bits per heavy atom. The van der Waals surface area contributed by atoms with Gasteiger partial charge < -0.3 is 10.2 Å². The lowest BCUT2D eigenvalue weighted by Crippen LogP contribution is -2.39. The fourth-order valence-corrected chi connectivity index (χ4v) is 1.92. The molecule has 1 aliphatic rings. The molecule has 1 aromatic rings. The predicted octanol–water partition coefficient (Wildman–Crippen LogP) is 1.35. The van der Waals surface area contributed by atoms with E-state index in [2.05, 4.69) is 10.3 Å². The van der Waals surface area contributed by atoms with E-state index in [4.69, 9.17) is 0 Å². The molecule has 4 nitrogen and oxygen atoms in total. The average molecular weight is 245 g/mol. The zero-order valence-electron chi connectivity index (χ0n) is 10.9. The van der Waals surface area contributed by atoms with Crippen LogP contribution in [0.1, 0.15) is 19.5 Å². The molecule has 0 aliphatic carbocycles. The van der Waals surface area contributed by atoms with Gasteiger partial charge in [0.05, 0.1) is 12.2 Å². The van der Waals surface area contributed by atoms with E-state index in [9.17, 15) is 4.79 Å². The predicted molar refractivity (Wildman–Crippen MR) is 70.9 cm³/mol. The Kier molecular flexibility index (Phi) is 4.10. The molecule has 1 amide bonds. The molecular weight excluding hydrogens is 226 g/mol. The molecule has 1 fully saturated rings. The van der Waals surface area contributed by atoms with Gasteiger partial charge in [-0.15, -0.1) is 0 Å². The maximum atomic E-state index is 12.3. The number of carbonyl (C=O) groups excluding carboxylic acids is 1. The number of nitrogens with zero attached hydrogens (tertiary/aromatic N) is 2. The second-order valence-electron chi connectivity index (χ2n) is 4.47. The minimum atomic E-state index is 0.125. The number of pyridine rings is 1. The van der Waals surface area contributed by atoms with Crippen LogP contribution < -0.4 is 5.32 Å². The number of carbonyl (C=O) groups is 1. The summed E-state index contributed by atoms with van der Waals surface area (Å²) in [5.41, 5.74) is 3.03. The van der Waals surface area contributed by atoms with Crippen LogP contribution in [-0.4, -0.2) is 35.4 Å². The van der Waals surface area contributed by atoms with Crippen molar-refractivity contribution in [1.82, 2.24) is 15.2 Å². The fraction of sp³-hybridized carbons (Fsp3) is 0.429. The molecule has 1 aromatic heterocycles. The summed E-state index contributed by atoms with van der Waals surface area (Å²) in [6.45, 7) is 6.89. The number of likely N-dealkylation sites (N-methyl/N-ethyl adjacent to an activating group) is 1. The van der Waals surface area contributed by atoms with Gasteiger partial charge >= 0.3 is 0 Å². The summed E-state index contributed by atoms with van der Waals surface area (Å²) >= 11 is 0. The molecule has 1 N–H and O–H groups in total. The highest BCUT2D eigenvalue weighted by Gasteiger charge is 2.20. The second-order valence-corrected chi connectivity index (χ2v) is 4.47. The van der Waals surface area contributed by atoms with Crippen molar-refractivity contribution in [3.05, 3.63) is 41.2 Å². The van der Waals surface area contributed by atoms with Crippen molar-refractivity contribution >= 4 is 5.91 Å². The van der Waals surface area contributed by atoms with Crippen LogP contribution in [0.5, 0.6) is 0 Å². The van der Waals surface area contributed by atoms with Crippen LogP contribution in [0.4, 0.5) is 0 Å². The molecule has 1 saturated heterocycles. The van der Waals surface area contributed by atoms with Crippen molar-refractivity contribution in [2.45, 2.75) is 20.4 Å². The summed E-state index contributed by atoms with van der Waals surface area (Å²) in [7, 11) is 0. The second kappa shape index (κ2) is 5.78. The lowest BCUT2D eigenvalue weighted by atomic mass is 10.0. The monoisotopic (exact) mass is 245 g/mol. The number of hydrogen-bond donors (Lipinski definition) is 1. The van der Waals surface area contributed by atoms with Crippen molar-refractivity contribution in [2.24, 2.45) is 0 Å². The summed E-state index contributed by atoms with van der Waals surface area (Å²) in [6.07, 6.45) is 1.76. The van der Waals surface area contributed by atoms with Gasteiger partial charge in [0.1, 0.15) is 0 Å². The first-order valence-corrected chi connectivity index (χ1v) is 6.31. The van der Waals surface area contributed by atoms with Crippen LogP contribution in [0.3, 0.4) is 0 Å². The molecule has 0 radical (unpaired) electrons. The third kappa shape index (κ3) is 2.76. The van der Waals surface area contributed by atoms with Gasteiger partial charge in [0, 0.05) is 31.4 Å². The summed E-state index contributed by atoms with van der Waals surface area (Å²) in [5, 5.41) is 3.16. The van der Waals surface area contributed by atoms with Crippen molar-refractivity contribution in [3.8, 4) is 0 Å². The SMILES string of the molecule is CCN(Cc1ccccn1)C(=O)C(C)=C1CNC1. The molecule has 4 heteroatoms. The highest BCUT2D eigenvalue weighted by Crippen LogP contribution is 2.13. The van der Waals surface area contributed by atoms with Crippen molar-refractivity contribution in [2.75, 3.05) is 19.6 Å². The summed E-state index contributed by atoms with van der Waals surface area (Å²) < 4.78 is 0. The molecule has 1 aliphatic heterocycles. The number of nitrogens with one attached hydrogen (secondary N) is 1. The van der Waals surface area contributed by atoms with Crippen LogP contribution in [-0.2, 0) is 11.3 Å². The quantitative estimate of drug-likeness (QED) is 0.814. The smallest absolute Gasteiger partial charge is 0.249 e. The van der Waals surface area contributed by atoms with Crippen LogP contribution >= 0.6 is 0 Å². The molecule has 0 bridgehead atoms. The Morgan fingerprint density at radius 1 is 1.44 bits per heavy atom. The van der Waals surface area contributed by atoms with E-state index < -0.39 is 0 Å². The summed E-state index contributed by atoms with van der Waals surface area (Å²) in [6, 6.07) is 5.78. The van der Waals surface area contributed by atoms with E-state index in [0.717, 1.165) is 24.4 Å². The zero-order valence-corrected chi connectivity index (χ0v) is 10.9. The topological polar surface area (TPSA) is 45.2 Å². The van der Waals surface area contributed by atoms with Crippen molar-refractivity contribution in [3.63, 3.8) is 0 Å². The third-order valence-electron chi connectivity index (χ3n) is 3.28. The normalized spacial score (nSPS) is 14.0. The Morgan fingerprint density at radius 2 is 2.22 bits per heavy atom. The Balaban J connectivity index is 2.07. The minimum Gasteiger partial charge on any atom is -0.333 e. The maximum Gasteiger partial charge on any atom is 0.249 e. The zero-order chi connectivity index (χ0) is 13.0. The Labute approximate surface area is 108 Å². The Bertz CT molecular complexity index is 447. The van der Waals surface area contributed by atoms with Gasteiger partial charge in [-0.3, -0.25) is 9.78 Å². The van der Waals surface area contributed by atoms with E-state index in [1.165, 1.54) is 5.57 Å². The standard InChI is InChI=1S/C14H19N3O/c1-3-17(10-13-6-4-5-7-16-13)14(18)11(2)12-8-15-9-12/h4-7,15H,3,8-10H2,1-2H3. The van der Waals surface area contributed by atoms with Gasteiger partial charge in [0.15, 0.2) is 0 Å². The number of hydrogen-bond acceptors (Lipinski definition) is 3. The van der Waals surface area contributed by atoms with Crippen LogP contribution in [0.2, 0.25) is 0 Å². The molecule has 0 atom stereocenters. The minimum absolute atomic E-state index is 0.125. The average Bonchev–Trinajstić information content (AvgIpc) is 2.34. The van der Waals surface area contributed by atoms with Crippen LogP contribution in [0, 0.1) is 0 Å². The largest absolute Gasteiger partial charge is 0.333 e. The number of rotatable bonds is 4. The van der Waals surface area contributed by atoms with Gasteiger partial charge in [-0.25, -0.2) is 0 Å². The third-order valence-corrected chi connectivity index (χ3v) is 3.28. The first-order valence-electron chi connectivity index (χ1n) is 6.31. The lowest BCUT2D eigenvalue weighted by Gasteiger charge is -2.26. The van der Waals surface area contributed by atoms with Gasteiger partial charge in [0.25, 0.3) is 0 Å². The highest BCUT2D eigenvalue weighted by molar-refractivity contribution is 5.94. The summed E-state index contributed by atoms with van der Waals surface area (Å²) in [4.78, 5) is 18.4. The van der Waals surface area contributed by atoms with Crippen LogP contribution in [0.25, 0.3) is 0 Å². The molecule has 0 unspecified atom stereocenters. The molecule has 18 heavy (non-hydrogen) atoms. The highest BCUT2D eigenvalue weighted by atomic mass is 16.2. The molecule has 0 aromatic carbocycles. The number of aromatic nitrogens is 1. The van der Waals surface area contributed by atoms with Gasteiger partial charge in [0.2, 0.25) is 5.91 Å². The Hall–Kier alpha value is -1.68. The maximum absolute atomic E-state index is 12.3. The molecular formula is C14H19N3O. The van der Waals surface area contributed by atoms with E-state index in [-0.39, 0.29) is 5.91 Å². The fourth-order valence-electron chi connectivity index (χ4n) is 1.92. The van der Waals surface area contributed by atoms with Crippen molar-refractivity contribution in [1.29, 1.82) is 0 Å². The first-order chi connectivity index (χ1) is 8.72. The molecule has 0 spiro atoms. The lowest BCUT2D eigenvalue weighted by molar-refractivity contribution is -0.127. The van der Waals surface area contributed by atoms with E-state index in [1.54, 1.807) is 6.20 Å². The van der Waals surface area contributed by atoms with Gasteiger partial charge in [-0.2, -0.15) is 0 Å². The molecule has 2 heterocycles. The molecule has 2 rings (SSSR count). The first kappa shape index (κ1) is 12.8. The van der Waals surface area contributed by atoms with E-state index in [1.807, 2.05) is 36.9 Å². The van der Waals surface area contributed by atoms with Crippen molar-refractivity contribution < 1.29 is 4.79 Å². The van der Waals surface area contributed by atoms with E-state index >= 15 is 0 Å². The van der Waals surface area contributed by atoms with Crippen LogP contribution in [0.15, 0.2) is 35.5 Å². The van der Waals surface area contributed by atoms with Gasteiger partial charge in [-0.05, 0) is 31.6 Å².